The zero-order chi connectivity index (χ0) is 14.9. The minimum absolute atomic E-state index is 0. The van der Waals surface area contributed by atoms with Gasteiger partial charge in [0, 0.05) is 41.0 Å². The van der Waals surface area contributed by atoms with Crippen molar-refractivity contribution in [2.24, 2.45) is 4.99 Å². The third kappa shape index (κ3) is 17.8. The van der Waals surface area contributed by atoms with Gasteiger partial charge in [-0.25, -0.2) is 0 Å². The number of aliphatic imine (C=N–C) groups is 1. The van der Waals surface area contributed by atoms with Crippen LogP contribution in [-0.2, 0) is 18.9 Å². The third-order valence-corrected chi connectivity index (χ3v) is 2.38. The molecule has 0 saturated carbocycles. The second-order valence-electron chi connectivity index (χ2n) is 3.99. The Balaban J connectivity index is 0. The van der Waals surface area contributed by atoms with Crippen molar-refractivity contribution < 1.29 is 18.9 Å². The summed E-state index contributed by atoms with van der Waals surface area (Å²) in [6.07, 6.45) is 0.925. The van der Waals surface area contributed by atoms with Gasteiger partial charge in [-0.1, -0.05) is 0 Å². The van der Waals surface area contributed by atoms with Gasteiger partial charge in [-0.2, -0.15) is 0 Å². The second-order valence-corrected chi connectivity index (χ2v) is 3.99. The van der Waals surface area contributed by atoms with Crippen LogP contribution in [0.25, 0.3) is 0 Å². The SMILES string of the molecule is CN=C(NCCCOCCOC)NCCOCCOC.I. The van der Waals surface area contributed by atoms with Gasteiger partial charge in [0.2, 0.25) is 0 Å². The number of guanidine groups is 1. The van der Waals surface area contributed by atoms with Gasteiger partial charge in [-0.15, -0.1) is 24.0 Å². The number of nitrogens with zero attached hydrogens (tertiary/aromatic N) is 1. The molecular weight excluding hydrogens is 389 g/mol. The molecule has 2 N–H and O–H groups in total. The van der Waals surface area contributed by atoms with Gasteiger partial charge >= 0.3 is 0 Å². The van der Waals surface area contributed by atoms with Crippen LogP contribution in [0.5, 0.6) is 0 Å². The summed E-state index contributed by atoms with van der Waals surface area (Å²) in [4.78, 5) is 4.12. The lowest BCUT2D eigenvalue weighted by Gasteiger charge is -2.12. The summed E-state index contributed by atoms with van der Waals surface area (Å²) in [7, 11) is 5.07. The molecule has 0 saturated heterocycles. The Hall–Kier alpha value is -0.160. The van der Waals surface area contributed by atoms with E-state index in [4.69, 9.17) is 18.9 Å². The van der Waals surface area contributed by atoms with Crippen LogP contribution in [0.3, 0.4) is 0 Å². The molecule has 0 spiro atoms. The van der Waals surface area contributed by atoms with Gasteiger partial charge in [-0.3, -0.25) is 4.99 Å². The van der Waals surface area contributed by atoms with Crippen LogP contribution in [0.1, 0.15) is 6.42 Å². The Morgan fingerprint density at radius 2 is 1.38 bits per heavy atom. The van der Waals surface area contributed by atoms with Gasteiger partial charge in [-0.05, 0) is 6.42 Å². The minimum Gasteiger partial charge on any atom is -0.382 e. The maximum absolute atomic E-state index is 5.37. The van der Waals surface area contributed by atoms with Gasteiger partial charge in [0.1, 0.15) is 0 Å². The van der Waals surface area contributed by atoms with Crippen LogP contribution >= 0.6 is 24.0 Å². The number of ether oxygens (including phenoxy) is 4. The van der Waals surface area contributed by atoms with Crippen molar-refractivity contribution in [1.82, 2.24) is 10.6 Å². The lowest BCUT2D eigenvalue weighted by Crippen LogP contribution is -2.39. The lowest BCUT2D eigenvalue weighted by atomic mass is 10.4. The summed E-state index contributed by atoms with van der Waals surface area (Å²) < 4.78 is 20.5. The number of rotatable bonds is 13. The first-order chi connectivity index (χ1) is 9.85. The van der Waals surface area contributed by atoms with Crippen LogP contribution in [0.15, 0.2) is 4.99 Å². The third-order valence-electron chi connectivity index (χ3n) is 2.38. The highest BCUT2D eigenvalue weighted by Crippen LogP contribution is 1.82. The fourth-order valence-corrected chi connectivity index (χ4v) is 1.33. The second kappa shape index (κ2) is 19.8. The van der Waals surface area contributed by atoms with Crippen molar-refractivity contribution in [2.45, 2.75) is 6.42 Å². The molecule has 128 valence electrons. The highest BCUT2D eigenvalue weighted by atomic mass is 127. The Kier molecular flexibility index (Phi) is 21.8. The predicted octanol–water partition coefficient (Wildman–Crippen LogP) is 0.486. The molecule has 0 aliphatic heterocycles. The molecule has 0 atom stereocenters. The smallest absolute Gasteiger partial charge is 0.191 e. The molecule has 0 fully saturated rings. The summed E-state index contributed by atoms with van der Waals surface area (Å²) in [5, 5.41) is 6.38. The van der Waals surface area contributed by atoms with Crippen molar-refractivity contribution in [3.8, 4) is 0 Å². The van der Waals surface area contributed by atoms with E-state index < -0.39 is 0 Å². The quantitative estimate of drug-likeness (QED) is 0.196. The van der Waals surface area contributed by atoms with E-state index in [1.807, 2.05) is 0 Å². The molecule has 0 aromatic carbocycles. The molecular formula is C13H30IN3O4. The number of methoxy groups -OCH3 is 2. The maximum Gasteiger partial charge on any atom is 0.191 e. The molecule has 7 nitrogen and oxygen atoms in total. The molecule has 0 aliphatic rings. The predicted molar refractivity (Wildman–Crippen MR) is 94.8 cm³/mol. The van der Waals surface area contributed by atoms with Crippen LogP contribution in [0, 0.1) is 0 Å². The Bertz CT molecular complexity index is 233. The fraction of sp³-hybridized carbons (Fsp3) is 0.923. The van der Waals surface area contributed by atoms with Gasteiger partial charge in [0.05, 0.1) is 33.0 Å². The highest BCUT2D eigenvalue weighted by Gasteiger charge is 1.96. The topological polar surface area (TPSA) is 73.3 Å². The summed E-state index contributed by atoms with van der Waals surface area (Å²) in [6, 6.07) is 0. The average Bonchev–Trinajstić information content (AvgIpc) is 2.47. The largest absolute Gasteiger partial charge is 0.382 e. The molecule has 0 aromatic rings. The Labute approximate surface area is 145 Å². The first-order valence-corrected chi connectivity index (χ1v) is 6.93. The van der Waals surface area contributed by atoms with Gasteiger partial charge in [0.25, 0.3) is 0 Å². The maximum atomic E-state index is 5.37. The standard InChI is InChI=1S/C13H29N3O4.HI/c1-14-13(16-6-8-20-12-10-18-3)15-5-4-7-19-11-9-17-2;/h4-12H2,1-3H3,(H2,14,15,16);1H. The Morgan fingerprint density at radius 3 is 1.95 bits per heavy atom. The number of hydrogen-bond acceptors (Lipinski definition) is 5. The molecule has 21 heavy (non-hydrogen) atoms. The number of hydrogen-bond donors (Lipinski definition) is 2. The normalized spacial score (nSPS) is 11.1. The van der Waals surface area contributed by atoms with E-state index in [1.165, 1.54) is 0 Å². The molecule has 0 bridgehead atoms. The number of nitrogens with one attached hydrogen (secondary N) is 2. The molecule has 0 radical (unpaired) electrons. The fourth-order valence-electron chi connectivity index (χ4n) is 1.33. The van der Waals surface area contributed by atoms with Crippen molar-refractivity contribution >= 4 is 29.9 Å². The van der Waals surface area contributed by atoms with E-state index in [2.05, 4.69) is 15.6 Å². The van der Waals surface area contributed by atoms with E-state index >= 15 is 0 Å². The molecule has 0 rings (SSSR count). The van der Waals surface area contributed by atoms with Crippen molar-refractivity contribution in [3.63, 3.8) is 0 Å². The molecule has 0 unspecified atom stereocenters. The van der Waals surface area contributed by atoms with Gasteiger partial charge in [0.15, 0.2) is 5.96 Å². The molecule has 0 heterocycles. The van der Waals surface area contributed by atoms with Crippen molar-refractivity contribution in [2.75, 3.05) is 74.0 Å². The summed E-state index contributed by atoms with van der Waals surface area (Å²) >= 11 is 0. The van der Waals surface area contributed by atoms with E-state index in [0.29, 0.717) is 46.2 Å². The summed E-state index contributed by atoms with van der Waals surface area (Å²) in [5.74, 6) is 0.775. The van der Waals surface area contributed by atoms with E-state index in [-0.39, 0.29) is 24.0 Å². The molecule has 0 amide bonds. The minimum atomic E-state index is 0. The van der Waals surface area contributed by atoms with E-state index in [1.54, 1.807) is 21.3 Å². The summed E-state index contributed by atoms with van der Waals surface area (Å²) in [5.41, 5.74) is 0. The zero-order valence-electron chi connectivity index (χ0n) is 13.4. The van der Waals surface area contributed by atoms with E-state index in [9.17, 15) is 0 Å². The van der Waals surface area contributed by atoms with Crippen LogP contribution in [-0.4, -0.2) is 80.0 Å². The zero-order valence-corrected chi connectivity index (χ0v) is 15.7. The average molecular weight is 419 g/mol. The van der Waals surface area contributed by atoms with Crippen LogP contribution in [0.4, 0.5) is 0 Å². The first kappa shape index (κ1) is 23.1. The van der Waals surface area contributed by atoms with Crippen molar-refractivity contribution in [3.05, 3.63) is 0 Å². The summed E-state index contributed by atoms with van der Waals surface area (Å²) in [6.45, 7) is 5.39. The first-order valence-electron chi connectivity index (χ1n) is 6.93. The molecule has 8 heteroatoms. The number of halogens is 1. The highest BCUT2D eigenvalue weighted by molar-refractivity contribution is 14.0. The van der Waals surface area contributed by atoms with Crippen LogP contribution < -0.4 is 10.6 Å². The monoisotopic (exact) mass is 419 g/mol. The Morgan fingerprint density at radius 1 is 0.810 bits per heavy atom. The van der Waals surface area contributed by atoms with E-state index in [0.717, 1.165) is 18.9 Å². The van der Waals surface area contributed by atoms with Crippen molar-refractivity contribution in [1.29, 1.82) is 0 Å². The van der Waals surface area contributed by atoms with Gasteiger partial charge < -0.3 is 29.6 Å². The lowest BCUT2D eigenvalue weighted by molar-refractivity contribution is 0.0698. The van der Waals surface area contributed by atoms with Crippen LogP contribution in [0.2, 0.25) is 0 Å². The molecule has 0 aromatic heterocycles. The molecule has 0 aliphatic carbocycles.